The van der Waals surface area contributed by atoms with Gasteiger partial charge in [-0.1, -0.05) is 36.4 Å². The smallest absolute Gasteiger partial charge is 0.337 e. The fourth-order valence-electron chi connectivity index (χ4n) is 2.94. The first-order chi connectivity index (χ1) is 14.5. The molecule has 2 amide bonds. The van der Waals surface area contributed by atoms with Crippen molar-refractivity contribution < 1.29 is 24.2 Å². The molecule has 0 spiro atoms. The van der Waals surface area contributed by atoms with Crippen LogP contribution in [0.2, 0.25) is 0 Å². The Labute approximate surface area is 173 Å². The Kier molecular flexibility index (Phi) is 6.44. The third-order valence-electron chi connectivity index (χ3n) is 4.36. The van der Waals surface area contributed by atoms with Gasteiger partial charge in [-0.15, -0.1) is 0 Å². The summed E-state index contributed by atoms with van der Waals surface area (Å²) in [5.41, 5.74) is 1.67. The first-order valence-electron chi connectivity index (χ1n) is 9.13. The largest absolute Gasteiger partial charge is 0.496 e. The van der Waals surface area contributed by atoms with Crippen molar-refractivity contribution in [1.29, 1.82) is 0 Å². The Morgan fingerprint density at radius 3 is 2.40 bits per heavy atom. The summed E-state index contributed by atoms with van der Waals surface area (Å²) in [5, 5.41) is 14.6. The number of methoxy groups -OCH3 is 1. The quantitative estimate of drug-likeness (QED) is 0.555. The molecule has 0 heterocycles. The number of ether oxygens (including phenoxy) is 1. The molecule has 3 aromatic rings. The van der Waals surface area contributed by atoms with Crippen molar-refractivity contribution in [3.05, 3.63) is 89.5 Å². The zero-order chi connectivity index (χ0) is 21.5. The fourth-order valence-corrected chi connectivity index (χ4v) is 2.94. The second kappa shape index (κ2) is 9.38. The van der Waals surface area contributed by atoms with E-state index in [4.69, 9.17) is 4.74 Å². The minimum absolute atomic E-state index is 0.00730. The molecule has 0 unspecified atom stereocenters. The van der Waals surface area contributed by atoms with Crippen molar-refractivity contribution in [2.45, 2.75) is 6.42 Å². The van der Waals surface area contributed by atoms with Crippen LogP contribution in [0, 0.1) is 0 Å². The highest BCUT2D eigenvalue weighted by atomic mass is 16.5. The number of benzene rings is 3. The van der Waals surface area contributed by atoms with Gasteiger partial charge in [-0.25, -0.2) is 4.79 Å². The monoisotopic (exact) mass is 404 g/mol. The van der Waals surface area contributed by atoms with Gasteiger partial charge >= 0.3 is 5.97 Å². The molecule has 0 fully saturated rings. The summed E-state index contributed by atoms with van der Waals surface area (Å²) in [7, 11) is 1.54. The average Bonchev–Trinajstić information content (AvgIpc) is 2.74. The molecule has 0 aliphatic rings. The Hall–Kier alpha value is -4.13. The third-order valence-corrected chi connectivity index (χ3v) is 4.36. The highest BCUT2D eigenvalue weighted by Crippen LogP contribution is 2.20. The number of carbonyl (C=O) groups is 3. The van der Waals surface area contributed by atoms with E-state index in [2.05, 4.69) is 10.6 Å². The summed E-state index contributed by atoms with van der Waals surface area (Å²) >= 11 is 0. The van der Waals surface area contributed by atoms with E-state index in [-0.39, 0.29) is 29.1 Å². The number of para-hydroxylation sites is 2. The van der Waals surface area contributed by atoms with E-state index in [9.17, 15) is 19.5 Å². The van der Waals surface area contributed by atoms with Gasteiger partial charge in [0.05, 0.1) is 24.8 Å². The molecular weight excluding hydrogens is 384 g/mol. The number of aromatic carboxylic acids is 1. The first-order valence-corrected chi connectivity index (χ1v) is 9.13. The maximum atomic E-state index is 12.6. The molecule has 152 valence electrons. The van der Waals surface area contributed by atoms with E-state index in [0.29, 0.717) is 11.4 Å². The highest BCUT2D eigenvalue weighted by molar-refractivity contribution is 6.08. The Balaban J connectivity index is 1.71. The second-order valence-corrected chi connectivity index (χ2v) is 6.42. The van der Waals surface area contributed by atoms with Crippen LogP contribution in [-0.4, -0.2) is 30.0 Å². The standard InChI is InChI=1S/C23H20N2O5/c1-30-20-12-5-2-7-15(20)14-21(26)24-17-9-6-8-16(13-17)22(27)25-19-11-4-3-10-18(19)23(28)29/h2-13H,14H2,1H3,(H,24,26)(H,25,27)(H,28,29). The number of hydrogen-bond acceptors (Lipinski definition) is 4. The molecular formula is C23H20N2O5. The third kappa shape index (κ3) is 5.02. The Morgan fingerprint density at radius 1 is 0.900 bits per heavy atom. The molecule has 0 radical (unpaired) electrons. The lowest BCUT2D eigenvalue weighted by molar-refractivity contribution is -0.115. The molecule has 30 heavy (non-hydrogen) atoms. The lowest BCUT2D eigenvalue weighted by Gasteiger charge is -2.11. The van der Waals surface area contributed by atoms with Gasteiger partial charge in [-0.2, -0.15) is 0 Å². The van der Waals surface area contributed by atoms with Crippen molar-refractivity contribution >= 4 is 29.2 Å². The second-order valence-electron chi connectivity index (χ2n) is 6.42. The maximum Gasteiger partial charge on any atom is 0.337 e. The Bertz CT molecular complexity index is 1090. The molecule has 7 heteroatoms. The number of nitrogens with one attached hydrogen (secondary N) is 2. The zero-order valence-electron chi connectivity index (χ0n) is 16.2. The van der Waals surface area contributed by atoms with Crippen molar-refractivity contribution in [2.75, 3.05) is 17.7 Å². The topological polar surface area (TPSA) is 105 Å². The molecule has 0 saturated carbocycles. The number of amides is 2. The number of anilines is 2. The molecule has 7 nitrogen and oxygen atoms in total. The summed E-state index contributed by atoms with van der Waals surface area (Å²) in [6.07, 6.45) is 0.117. The van der Waals surface area contributed by atoms with Gasteiger partial charge in [-0.3, -0.25) is 9.59 Å². The van der Waals surface area contributed by atoms with Crippen molar-refractivity contribution in [3.63, 3.8) is 0 Å². The van der Waals surface area contributed by atoms with Crippen molar-refractivity contribution in [2.24, 2.45) is 0 Å². The normalized spacial score (nSPS) is 10.2. The van der Waals surface area contributed by atoms with E-state index >= 15 is 0 Å². The van der Waals surface area contributed by atoms with E-state index in [1.54, 1.807) is 43.5 Å². The van der Waals surface area contributed by atoms with Crippen LogP contribution in [0.15, 0.2) is 72.8 Å². The number of carboxylic acids is 1. The minimum Gasteiger partial charge on any atom is -0.496 e. The van der Waals surface area contributed by atoms with Crippen LogP contribution in [0.3, 0.4) is 0 Å². The van der Waals surface area contributed by atoms with E-state index < -0.39 is 11.9 Å². The van der Waals surface area contributed by atoms with Gasteiger partial charge < -0.3 is 20.5 Å². The van der Waals surface area contributed by atoms with Gasteiger partial charge in [0.1, 0.15) is 5.75 Å². The van der Waals surface area contributed by atoms with Crippen molar-refractivity contribution in [3.8, 4) is 5.75 Å². The molecule has 3 aromatic carbocycles. The number of carboxylic acid groups (broad SMARTS) is 1. The van der Waals surface area contributed by atoms with Crippen LogP contribution in [0.4, 0.5) is 11.4 Å². The summed E-state index contributed by atoms with van der Waals surface area (Å²) < 4.78 is 5.26. The van der Waals surface area contributed by atoms with Crippen LogP contribution >= 0.6 is 0 Å². The number of rotatable bonds is 7. The van der Waals surface area contributed by atoms with E-state index in [1.807, 2.05) is 18.2 Å². The molecule has 0 aliphatic carbocycles. The summed E-state index contributed by atoms with van der Waals surface area (Å²) in [6, 6.07) is 19.8. The van der Waals surface area contributed by atoms with Crippen LogP contribution in [0.25, 0.3) is 0 Å². The molecule has 0 bridgehead atoms. The zero-order valence-corrected chi connectivity index (χ0v) is 16.2. The van der Waals surface area contributed by atoms with E-state index in [0.717, 1.165) is 5.56 Å². The number of hydrogen-bond donors (Lipinski definition) is 3. The molecule has 0 atom stereocenters. The van der Waals surface area contributed by atoms with Gasteiger partial charge in [0.2, 0.25) is 5.91 Å². The summed E-state index contributed by atoms with van der Waals surface area (Å²) in [6.45, 7) is 0. The lowest BCUT2D eigenvalue weighted by Crippen LogP contribution is -2.17. The van der Waals surface area contributed by atoms with Gasteiger partial charge in [-0.05, 0) is 36.4 Å². The van der Waals surface area contributed by atoms with Gasteiger partial charge in [0.15, 0.2) is 0 Å². The van der Waals surface area contributed by atoms with Crippen LogP contribution < -0.4 is 15.4 Å². The summed E-state index contributed by atoms with van der Waals surface area (Å²) in [4.78, 5) is 36.3. The Morgan fingerprint density at radius 2 is 1.63 bits per heavy atom. The maximum absolute atomic E-state index is 12.6. The first kappa shape index (κ1) is 20.6. The molecule has 0 saturated heterocycles. The van der Waals surface area contributed by atoms with Crippen LogP contribution in [0.1, 0.15) is 26.3 Å². The fraction of sp³-hybridized carbons (Fsp3) is 0.0870. The minimum atomic E-state index is -1.14. The highest BCUT2D eigenvalue weighted by Gasteiger charge is 2.14. The van der Waals surface area contributed by atoms with Crippen molar-refractivity contribution in [1.82, 2.24) is 0 Å². The number of carbonyl (C=O) groups excluding carboxylic acids is 2. The molecule has 3 rings (SSSR count). The van der Waals surface area contributed by atoms with Crippen LogP contribution in [-0.2, 0) is 11.2 Å². The van der Waals surface area contributed by atoms with E-state index in [1.165, 1.54) is 18.2 Å². The average molecular weight is 404 g/mol. The van der Waals surface area contributed by atoms with Gasteiger partial charge in [0, 0.05) is 16.8 Å². The van der Waals surface area contributed by atoms with Gasteiger partial charge in [0.25, 0.3) is 5.91 Å². The summed E-state index contributed by atoms with van der Waals surface area (Å²) in [5.74, 6) is -1.25. The molecule has 0 aromatic heterocycles. The SMILES string of the molecule is COc1ccccc1CC(=O)Nc1cccc(C(=O)Nc2ccccc2C(=O)O)c1. The molecule has 3 N–H and O–H groups in total. The predicted octanol–water partition coefficient (Wildman–Crippen LogP) is 3.83. The lowest BCUT2D eigenvalue weighted by atomic mass is 10.1. The predicted molar refractivity (Wildman–Crippen MR) is 113 cm³/mol. The molecule has 0 aliphatic heterocycles. The van der Waals surface area contributed by atoms with Crippen LogP contribution in [0.5, 0.6) is 5.75 Å².